The van der Waals surface area contributed by atoms with Gasteiger partial charge < -0.3 is 14.7 Å². The van der Waals surface area contributed by atoms with Crippen LogP contribution in [0.3, 0.4) is 0 Å². The maximum Gasteiger partial charge on any atom is 0.324 e. The molecule has 7 heteroatoms. The third-order valence-corrected chi connectivity index (χ3v) is 5.05. The number of ketones is 1. The lowest BCUT2D eigenvalue weighted by Crippen LogP contribution is -2.27. The lowest BCUT2D eigenvalue weighted by molar-refractivity contribution is -0.153. The highest BCUT2D eigenvalue weighted by molar-refractivity contribution is 6.00. The zero-order valence-electron chi connectivity index (χ0n) is 20.2. The van der Waals surface area contributed by atoms with Crippen LogP contribution in [0, 0.1) is 0 Å². The summed E-state index contributed by atoms with van der Waals surface area (Å²) in [6.45, 7) is 11.1. The van der Waals surface area contributed by atoms with Crippen LogP contribution in [-0.2, 0) is 19.1 Å². The van der Waals surface area contributed by atoms with E-state index in [9.17, 15) is 24.3 Å². The number of carboxylic acid groups (broad SMARTS) is 1. The highest BCUT2D eigenvalue weighted by Crippen LogP contribution is 2.20. The Balaban J connectivity index is 0.00000102. The van der Waals surface area contributed by atoms with Gasteiger partial charge in [-0.05, 0) is 32.8 Å². The number of esters is 1. The highest BCUT2D eigenvalue weighted by atomic mass is 16.5. The number of amides is 1. The molecule has 1 aromatic carbocycles. The number of hydrogen-bond donors (Lipinski definition) is 1. The number of unbranched alkanes of at least 4 members (excludes halogenated alkanes) is 4. The van der Waals surface area contributed by atoms with Gasteiger partial charge in [-0.1, -0.05) is 56.9 Å². The Hall–Kier alpha value is -2.70. The summed E-state index contributed by atoms with van der Waals surface area (Å²) in [5, 5.41) is 9.22. The minimum Gasteiger partial charge on any atom is -0.480 e. The largest absolute Gasteiger partial charge is 0.480 e. The summed E-state index contributed by atoms with van der Waals surface area (Å²) in [5.74, 6) is -3.21. The van der Waals surface area contributed by atoms with E-state index in [0.717, 1.165) is 32.4 Å². The standard InChI is InChI=1S/C19H26O5.C6H13NO/c1-3-5-6-7-8-9-16(20)14-10-12-15(13-11-14)17(18(21)22)19(23)24-4-2;1-4-7(5-2)6(3)8/h10-13,17H,3-9H2,1-2H3,(H,21,22);4-5H2,1-3H3. The van der Waals surface area contributed by atoms with Gasteiger partial charge in [0, 0.05) is 32.0 Å². The molecule has 32 heavy (non-hydrogen) atoms. The second-order valence-corrected chi connectivity index (χ2v) is 7.42. The zero-order chi connectivity index (χ0) is 24.5. The monoisotopic (exact) mass is 449 g/mol. The average molecular weight is 450 g/mol. The van der Waals surface area contributed by atoms with Gasteiger partial charge in [-0.3, -0.25) is 19.2 Å². The van der Waals surface area contributed by atoms with Gasteiger partial charge in [0.15, 0.2) is 11.7 Å². The van der Waals surface area contributed by atoms with Gasteiger partial charge in [-0.25, -0.2) is 0 Å². The molecule has 0 heterocycles. The summed E-state index contributed by atoms with van der Waals surface area (Å²) in [7, 11) is 0. The van der Waals surface area contributed by atoms with E-state index in [2.05, 4.69) is 6.92 Å². The number of carbonyl (C=O) groups excluding carboxylic acids is 3. The van der Waals surface area contributed by atoms with Crippen molar-refractivity contribution in [2.45, 2.75) is 79.1 Å². The molecule has 7 nitrogen and oxygen atoms in total. The lowest BCUT2D eigenvalue weighted by atomic mass is 9.96. The Morgan fingerprint density at radius 1 is 0.906 bits per heavy atom. The van der Waals surface area contributed by atoms with Crippen LogP contribution in [0.15, 0.2) is 24.3 Å². The fraction of sp³-hybridized carbons (Fsp3) is 0.600. The molecule has 0 radical (unpaired) electrons. The van der Waals surface area contributed by atoms with Gasteiger partial charge in [0.2, 0.25) is 5.91 Å². The van der Waals surface area contributed by atoms with E-state index in [0.29, 0.717) is 17.5 Å². The van der Waals surface area contributed by atoms with Crippen molar-refractivity contribution in [3.8, 4) is 0 Å². The molecule has 1 rings (SSSR count). The summed E-state index contributed by atoms with van der Waals surface area (Å²) in [6, 6.07) is 6.19. The van der Waals surface area contributed by atoms with Gasteiger partial charge in [0.1, 0.15) is 0 Å². The van der Waals surface area contributed by atoms with Gasteiger partial charge in [0.25, 0.3) is 0 Å². The highest BCUT2D eigenvalue weighted by Gasteiger charge is 2.29. The number of carbonyl (C=O) groups is 4. The third-order valence-electron chi connectivity index (χ3n) is 5.05. The molecular formula is C25H39NO6. The molecule has 0 aliphatic rings. The average Bonchev–Trinajstić information content (AvgIpc) is 2.75. The molecular weight excluding hydrogens is 410 g/mol. The molecule has 0 aromatic heterocycles. The van der Waals surface area contributed by atoms with Crippen molar-refractivity contribution < 1.29 is 29.0 Å². The number of hydrogen-bond acceptors (Lipinski definition) is 5. The molecule has 0 saturated carbocycles. The van der Waals surface area contributed by atoms with Crippen molar-refractivity contribution >= 4 is 23.6 Å². The summed E-state index contributed by atoms with van der Waals surface area (Å²) >= 11 is 0. The molecule has 1 aromatic rings. The SMILES string of the molecule is CCCCCCCC(=O)c1ccc(C(C(=O)O)C(=O)OCC)cc1.CCN(CC)C(C)=O. The van der Waals surface area contributed by atoms with E-state index >= 15 is 0 Å². The molecule has 0 bridgehead atoms. The smallest absolute Gasteiger partial charge is 0.324 e. The maximum absolute atomic E-state index is 12.1. The minimum atomic E-state index is -1.36. The predicted molar refractivity (Wildman–Crippen MR) is 125 cm³/mol. The molecule has 0 spiro atoms. The van der Waals surface area contributed by atoms with E-state index in [4.69, 9.17) is 4.74 Å². The van der Waals surface area contributed by atoms with Crippen LogP contribution >= 0.6 is 0 Å². The Bertz CT molecular complexity index is 710. The number of ether oxygens (including phenoxy) is 1. The number of Topliss-reactive ketones (excluding diaryl/α,β-unsaturated/α-hetero) is 1. The predicted octanol–water partition coefficient (Wildman–Crippen LogP) is 4.84. The quantitative estimate of drug-likeness (QED) is 0.200. The van der Waals surface area contributed by atoms with Crippen molar-refractivity contribution in [2.75, 3.05) is 19.7 Å². The summed E-state index contributed by atoms with van der Waals surface area (Å²) in [6.07, 6.45) is 5.89. The molecule has 1 atom stereocenters. The summed E-state index contributed by atoms with van der Waals surface area (Å²) in [5.41, 5.74) is 0.864. The van der Waals surface area contributed by atoms with Crippen LogP contribution in [0.5, 0.6) is 0 Å². The third kappa shape index (κ3) is 11.1. The van der Waals surface area contributed by atoms with Crippen molar-refractivity contribution in [1.82, 2.24) is 4.90 Å². The van der Waals surface area contributed by atoms with Gasteiger partial charge in [-0.2, -0.15) is 0 Å². The van der Waals surface area contributed by atoms with Crippen LogP contribution in [0.4, 0.5) is 0 Å². The van der Waals surface area contributed by atoms with E-state index in [1.165, 1.54) is 25.0 Å². The second kappa shape index (κ2) is 16.9. The van der Waals surface area contributed by atoms with E-state index in [-0.39, 0.29) is 18.3 Å². The van der Waals surface area contributed by atoms with Crippen LogP contribution in [0.25, 0.3) is 0 Å². The molecule has 0 aliphatic carbocycles. The van der Waals surface area contributed by atoms with E-state index < -0.39 is 17.9 Å². The van der Waals surface area contributed by atoms with E-state index in [1.807, 2.05) is 13.8 Å². The molecule has 0 aliphatic heterocycles. The fourth-order valence-corrected chi connectivity index (χ4v) is 3.17. The molecule has 1 N–H and O–H groups in total. The normalized spacial score (nSPS) is 11.0. The Morgan fingerprint density at radius 2 is 1.47 bits per heavy atom. The molecule has 0 saturated heterocycles. The Kier molecular flexibility index (Phi) is 15.5. The van der Waals surface area contributed by atoms with Gasteiger partial charge in [-0.15, -0.1) is 0 Å². The first-order chi connectivity index (χ1) is 15.2. The zero-order valence-corrected chi connectivity index (χ0v) is 20.2. The van der Waals surface area contributed by atoms with Crippen molar-refractivity contribution in [3.63, 3.8) is 0 Å². The number of nitrogens with zero attached hydrogens (tertiary/aromatic N) is 1. The first-order valence-corrected chi connectivity index (χ1v) is 11.5. The Morgan fingerprint density at radius 3 is 1.88 bits per heavy atom. The summed E-state index contributed by atoms with van der Waals surface area (Å²) in [4.78, 5) is 47.5. The number of carboxylic acids is 1. The van der Waals surface area contributed by atoms with Crippen LogP contribution in [-0.4, -0.2) is 53.3 Å². The number of aliphatic carboxylic acids is 1. The fourth-order valence-electron chi connectivity index (χ4n) is 3.17. The first-order valence-electron chi connectivity index (χ1n) is 11.5. The van der Waals surface area contributed by atoms with Crippen molar-refractivity contribution in [3.05, 3.63) is 35.4 Å². The maximum atomic E-state index is 12.1. The van der Waals surface area contributed by atoms with Crippen LogP contribution < -0.4 is 0 Å². The summed E-state index contributed by atoms with van der Waals surface area (Å²) < 4.78 is 4.80. The van der Waals surface area contributed by atoms with Crippen LogP contribution in [0.1, 0.15) is 95.0 Å². The lowest BCUT2D eigenvalue weighted by Gasteiger charge is -2.14. The Labute approximate surface area is 192 Å². The molecule has 0 fully saturated rings. The number of rotatable bonds is 13. The minimum absolute atomic E-state index is 0.0426. The van der Waals surface area contributed by atoms with E-state index in [1.54, 1.807) is 30.9 Å². The van der Waals surface area contributed by atoms with Crippen LogP contribution in [0.2, 0.25) is 0 Å². The second-order valence-electron chi connectivity index (χ2n) is 7.42. The van der Waals surface area contributed by atoms with Gasteiger partial charge in [0.05, 0.1) is 6.61 Å². The topological polar surface area (TPSA) is 101 Å². The molecule has 180 valence electrons. The van der Waals surface area contributed by atoms with Crippen molar-refractivity contribution in [2.24, 2.45) is 0 Å². The first kappa shape index (κ1) is 29.3. The van der Waals surface area contributed by atoms with Gasteiger partial charge >= 0.3 is 11.9 Å². The van der Waals surface area contributed by atoms with Crippen molar-refractivity contribution in [1.29, 1.82) is 0 Å². The molecule has 1 unspecified atom stereocenters. The number of benzene rings is 1. The molecule has 1 amide bonds.